The Hall–Kier alpha value is -3.19. The molecule has 0 spiro atoms. The van der Waals surface area contributed by atoms with Crippen molar-refractivity contribution in [3.05, 3.63) is 64.7 Å². The number of hydrogen-bond acceptors (Lipinski definition) is 5. The molecule has 2 aromatic carbocycles. The van der Waals surface area contributed by atoms with Crippen molar-refractivity contribution in [2.75, 3.05) is 11.9 Å². The molecule has 2 aromatic rings. The highest BCUT2D eigenvalue weighted by molar-refractivity contribution is 6.06. The zero-order valence-electron chi connectivity index (χ0n) is 17.0. The third-order valence-corrected chi connectivity index (χ3v) is 5.63. The van der Waals surface area contributed by atoms with Gasteiger partial charge in [0.15, 0.2) is 0 Å². The molecule has 1 unspecified atom stereocenters. The number of hydrogen-bond donors (Lipinski definition) is 3. The van der Waals surface area contributed by atoms with Gasteiger partial charge in [-0.15, -0.1) is 0 Å². The fourth-order valence-electron chi connectivity index (χ4n) is 4.10. The maximum absolute atomic E-state index is 13.2. The Morgan fingerprint density at radius 3 is 2.73 bits per heavy atom. The number of benzene rings is 2. The molecule has 2 aliphatic rings. The molecule has 0 bridgehead atoms. The fourth-order valence-corrected chi connectivity index (χ4v) is 4.10. The predicted molar refractivity (Wildman–Crippen MR) is 114 cm³/mol. The van der Waals surface area contributed by atoms with E-state index in [0.717, 1.165) is 29.9 Å². The molecule has 1 fully saturated rings. The largest absolute Gasteiger partial charge is 0.381 e. The van der Waals surface area contributed by atoms with Crippen molar-refractivity contribution in [2.24, 2.45) is 0 Å². The van der Waals surface area contributed by atoms with Gasteiger partial charge < -0.3 is 15.5 Å². The molecule has 0 radical (unpaired) electrons. The van der Waals surface area contributed by atoms with Crippen molar-refractivity contribution in [2.45, 2.75) is 45.4 Å². The van der Waals surface area contributed by atoms with E-state index in [9.17, 15) is 14.4 Å². The molecule has 0 aromatic heterocycles. The normalized spacial score (nSPS) is 18.4. The van der Waals surface area contributed by atoms with Gasteiger partial charge in [0.05, 0.1) is 0 Å². The number of rotatable bonds is 7. The summed E-state index contributed by atoms with van der Waals surface area (Å²) in [5.41, 5.74) is 4.68. The summed E-state index contributed by atoms with van der Waals surface area (Å²) < 4.78 is 0. The van der Waals surface area contributed by atoms with Crippen LogP contribution in [0.25, 0.3) is 0 Å². The molecular formula is C23H26N4O3. The van der Waals surface area contributed by atoms with E-state index in [2.05, 4.69) is 35.0 Å². The molecular weight excluding hydrogens is 380 g/mol. The molecule has 1 saturated heterocycles. The zero-order valence-corrected chi connectivity index (χ0v) is 17.0. The molecule has 2 aliphatic heterocycles. The van der Waals surface area contributed by atoms with Crippen LogP contribution in [0.3, 0.4) is 0 Å². The molecule has 30 heavy (non-hydrogen) atoms. The number of fused-ring (bicyclic) bond motifs is 1. The van der Waals surface area contributed by atoms with Crippen LogP contribution in [0.2, 0.25) is 0 Å². The first-order chi connectivity index (χ1) is 14.6. The van der Waals surface area contributed by atoms with Crippen LogP contribution in [0.5, 0.6) is 0 Å². The predicted octanol–water partition coefficient (Wildman–Crippen LogP) is 2.17. The van der Waals surface area contributed by atoms with E-state index in [-0.39, 0.29) is 24.1 Å². The number of nitrogens with zero attached hydrogens (tertiary/aromatic N) is 1. The molecule has 4 rings (SSSR count). The van der Waals surface area contributed by atoms with Gasteiger partial charge in [-0.05, 0) is 41.8 Å². The molecule has 0 saturated carbocycles. The second-order valence-electron chi connectivity index (χ2n) is 7.69. The summed E-state index contributed by atoms with van der Waals surface area (Å²) in [6, 6.07) is 13.4. The van der Waals surface area contributed by atoms with Gasteiger partial charge in [-0.25, -0.2) is 0 Å². The Kier molecular flexibility index (Phi) is 5.81. The lowest BCUT2D eigenvalue weighted by Gasteiger charge is -2.29. The van der Waals surface area contributed by atoms with Crippen LogP contribution in [-0.2, 0) is 29.2 Å². The van der Waals surface area contributed by atoms with E-state index >= 15 is 0 Å². The number of carbonyl (C=O) groups excluding carboxylic acids is 3. The fraction of sp³-hybridized carbons (Fsp3) is 0.348. The number of piperidine rings is 1. The number of anilines is 1. The lowest BCUT2D eigenvalue weighted by Crippen LogP contribution is -2.52. The molecule has 2 heterocycles. The minimum atomic E-state index is -0.592. The van der Waals surface area contributed by atoms with Gasteiger partial charge in [-0.3, -0.25) is 19.7 Å². The standard InChI is InChI=1S/C23H26N4O3/c1-2-24-12-15-5-3-8-18(11-15)25-13-16-6-4-7-17-14-27(23(30)21(16)17)19-9-10-20(28)26-22(19)29/h3-8,11,19,24-25H,2,9-10,12-14H2,1H3,(H,26,28,29). The smallest absolute Gasteiger partial charge is 0.255 e. The van der Waals surface area contributed by atoms with E-state index in [1.54, 1.807) is 4.90 Å². The molecule has 3 amide bonds. The summed E-state index contributed by atoms with van der Waals surface area (Å²) in [5.74, 6) is -0.802. The Labute approximate surface area is 175 Å². The van der Waals surface area contributed by atoms with Crippen LogP contribution in [0.1, 0.15) is 46.8 Å². The third-order valence-electron chi connectivity index (χ3n) is 5.63. The molecule has 1 atom stereocenters. The van der Waals surface area contributed by atoms with E-state index < -0.39 is 6.04 Å². The highest BCUT2D eigenvalue weighted by Gasteiger charge is 2.39. The van der Waals surface area contributed by atoms with E-state index in [0.29, 0.717) is 25.1 Å². The van der Waals surface area contributed by atoms with Gasteiger partial charge in [0.25, 0.3) is 5.91 Å². The van der Waals surface area contributed by atoms with Gasteiger partial charge in [0, 0.05) is 37.3 Å². The van der Waals surface area contributed by atoms with Crippen LogP contribution in [0, 0.1) is 0 Å². The van der Waals surface area contributed by atoms with Crippen molar-refractivity contribution in [1.82, 2.24) is 15.5 Å². The van der Waals surface area contributed by atoms with Crippen LogP contribution in [0.4, 0.5) is 5.69 Å². The Balaban J connectivity index is 1.48. The number of nitrogens with one attached hydrogen (secondary N) is 3. The van der Waals surface area contributed by atoms with Crippen molar-refractivity contribution < 1.29 is 14.4 Å². The van der Waals surface area contributed by atoms with Crippen LogP contribution in [-0.4, -0.2) is 35.2 Å². The summed E-state index contributed by atoms with van der Waals surface area (Å²) in [4.78, 5) is 38.4. The average Bonchev–Trinajstić information content (AvgIpc) is 3.08. The molecule has 156 valence electrons. The Bertz CT molecular complexity index is 988. The average molecular weight is 406 g/mol. The van der Waals surface area contributed by atoms with Crippen molar-refractivity contribution in [3.63, 3.8) is 0 Å². The quantitative estimate of drug-likeness (QED) is 0.613. The van der Waals surface area contributed by atoms with Gasteiger partial charge in [0.2, 0.25) is 11.8 Å². The first-order valence-electron chi connectivity index (χ1n) is 10.4. The summed E-state index contributed by atoms with van der Waals surface area (Å²) in [5, 5.41) is 9.08. The second-order valence-corrected chi connectivity index (χ2v) is 7.69. The molecule has 3 N–H and O–H groups in total. The van der Waals surface area contributed by atoms with Gasteiger partial charge in [-0.2, -0.15) is 0 Å². The number of carbonyl (C=O) groups is 3. The van der Waals surface area contributed by atoms with Crippen molar-refractivity contribution in [3.8, 4) is 0 Å². The summed E-state index contributed by atoms with van der Waals surface area (Å²) in [7, 11) is 0. The minimum absolute atomic E-state index is 0.141. The minimum Gasteiger partial charge on any atom is -0.381 e. The van der Waals surface area contributed by atoms with Crippen LogP contribution in [0.15, 0.2) is 42.5 Å². The lowest BCUT2D eigenvalue weighted by molar-refractivity contribution is -0.136. The lowest BCUT2D eigenvalue weighted by atomic mass is 10.0. The maximum atomic E-state index is 13.2. The monoisotopic (exact) mass is 406 g/mol. The molecule has 7 nitrogen and oxygen atoms in total. The van der Waals surface area contributed by atoms with Gasteiger partial charge in [-0.1, -0.05) is 37.3 Å². The number of imide groups is 1. The van der Waals surface area contributed by atoms with Crippen molar-refractivity contribution in [1.29, 1.82) is 0 Å². The first-order valence-corrected chi connectivity index (χ1v) is 10.4. The van der Waals surface area contributed by atoms with E-state index in [4.69, 9.17) is 0 Å². The highest BCUT2D eigenvalue weighted by atomic mass is 16.2. The topological polar surface area (TPSA) is 90.5 Å². The van der Waals surface area contributed by atoms with Gasteiger partial charge >= 0.3 is 0 Å². The summed E-state index contributed by atoms with van der Waals surface area (Å²) in [6.07, 6.45) is 0.630. The Morgan fingerprint density at radius 2 is 1.93 bits per heavy atom. The highest BCUT2D eigenvalue weighted by Crippen LogP contribution is 2.30. The SMILES string of the molecule is CCNCc1cccc(NCc2cccc3c2C(=O)N(C2CCC(=O)NC2=O)C3)c1. The van der Waals surface area contributed by atoms with Crippen LogP contribution < -0.4 is 16.0 Å². The maximum Gasteiger partial charge on any atom is 0.255 e. The Morgan fingerprint density at radius 1 is 1.10 bits per heavy atom. The van der Waals surface area contributed by atoms with E-state index in [1.807, 2.05) is 30.3 Å². The first kappa shape index (κ1) is 20.1. The second kappa shape index (κ2) is 8.67. The zero-order chi connectivity index (χ0) is 21.1. The van der Waals surface area contributed by atoms with Crippen molar-refractivity contribution >= 4 is 23.4 Å². The molecule has 0 aliphatic carbocycles. The summed E-state index contributed by atoms with van der Waals surface area (Å²) >= 11 is 0. The van der Waals surface area contributed by atoms with E-state index in [1.165, 1.54) is 5.56 Å². The number of amides is 3. The summed E-state index contributed by atoms with van der Waals surface area (Å²) in [6.45, 7) is 4.72. The third kappa shape index (κ3) is 4.07. The molecule has 7 heteroatoms. The van der Waals surface area contributed by atoms with Gasteiger partial charge in [0.1, 0.15) is 6.04 Å². The van der Waals surface area contributed by atoms with Crippen LogP contribution >= 0.6 is 0 Å².